The van der Waals surface area contributed by atoms with E-state index < -0.39 is 0 Å². The SMILES string of the molecule is C=CC(=O)Nc1cc(C2=CC3C(C=N2)C=C(c2c(Cl)c(OC)cc(OC)c2Cl)c2nccn23)c(OC)cc1N1CCN(C2CC2)CC1. The number of methoxy groups -OCH3 is 3. The van der Waals surface area contributed by atoms with Gasteiger partial charge in [0, 0.05) is 85.6 Å². The van der Waals surface area contributed by atoms with Gasteiger partial charge in [-0.05, 0) is 31.1 Å². The summed E-state index contributed by atoms with van der Waals surface area (Å²) in [5, 5.41) is 3.78. The highest BCUT2D eigenvalue weighted by molar-refractivity contribution is 6.39. The lowest BCUT2D eigenvalue weighted by molar-refractivity contribution is -0.111. The van der Waals surface area contributed by atoms with Gasteiger partial charge in [0.05, 0.1) is 54.5 Å². The number of benzene rings is 2. The van der Waals surface area contributed by atoms with Crippen LogP contribution in [-0.4, -0.2) is 80.1 Å². The van der Waals surface area contributed by atoms with E-state index in [1.54, 1.807) is 33.6 Å². The molecule has 10 nitrogen and oxygen atoms in total. The second-order valence-electron chi connectivity index (χ2n) is 11.9. The summed E-state index contributed by atoms with van der Waals surface area (Å²) in [6.07, 6.45) is 13.6. The number of piperazine rings is 1. The van der Waals surface area contributed by atoms with Crippen molar-refractivity contribution in [2.75, 3.05) is 57.7 Å². The van der Waals surface area contributed by atoms with Gasteiger partial charge in [-0.2, -0.15) is 0 Å². The van der Waals surface area contributed by atoms with Crippen LogP contribution in [0.25, 0.3) is 11.3 Å². The van der Waals surface area contributed by atoms with Crippen LogP contribution in [0.2, 0.25) is 10.0 Å². The van der Waals surface area contributed by atoms with Gasteiger partial charge < -0.3 is 29.0 Å². The Morgan fingerprint density at radius 1 is 0.979 bits per heavy atom. The summed E-state index contributed by atoms with van der Waals surface area (Å²) in [7, 11) is 4.76. The summed E-state index contributed by atoms with van der Waals surface area (Å²) < 4.78 is 19.1. The standard InChI is InChI=1S/C35H36Cl2N6O4/c1-5-31(44)40-25-15-22(28(45-2)17-27(25)42-12-10-41(11-13-42)21-6-7-21)24-16-26-20(19-39-24)14-23(35-38-8-9-43(26)35)32-33(36)29(46-3)18-30(47-4)34(32)37/h5,8-9,14-21,26H,1,6-7,10-13H2,2-4H3,(H,40,44). The average molecular weight is 676 g/mol. The number of nitrogens with zero attached hydrogens (tertiary/aromatic N) is 5. The van der Waals surface area contributed by atoms with Crippen molar-refractivity contribution in [2.24, 2.45) is 10.9 Å². The van der Waals surface area contributed by atoms with Crippen LogP contribution in [0.3, 0.4) is 0 Å². The summed E-state index contributed by atoms with van der Waals surface area (Å²) in [4.78, 5) is 27.1. The van der Waals surface area contributed by atoms with Crippen molar-refractivity contribution in [3.8, 4) is 17.2 Å². The van der Waals surface area contributed by atoms with Crippen LogP contribution in [0.15, 0.2) is 60.4 Å². The fourth-order valence-electron chi connectivity index (χ4n) is 6.73. The van der Waals surface area contributed by atoms with E-state index in [1.165, 1.54) is 18.9 Å². The predicted molar refractivity (Wildman–Crippen MR) is 186 cm³/mol. The molecular formula is C35H36Cl2N6O4. The van der Waals surface area contributed by atoms with Crippen LogP contribution < -0.4 is 24.4 Å². The molecule has 1 saturated carbocycles. The normalized spacial score (nSPS) is 20.5. The van der Waals surface area contributed by atoms with E-state index >= 15 is 0 Å². The first-order valence-corrected chi connectivity index (χ1v) is 16.4. The number of hydrogen-bond acceptors (Lipinski definition) is 8. The van der Waals surface area contributed by atoms with Crippen LogP contribution in [-0.2, 0) is 4.79 Å². The largest absolute Gasteiger partial charge is 0.496 e. The molecule has 4 aliphatic rings. The molecule has 244 valence electrons. The number of amides is 1. The highest BCUT2D eigenvalue weighted by atomic mass is 35.5. The molecule has 1 aromatic heterocycles. The van der Waals surface area contributed by atoms with Gasteiger partial charge in [-0.25, -0.2) is 4.98 Å². The minimum atomic E-state index is -0.278. The molecule has 1 N–H and O–H groups in total. The van der Waals surface area contributed by atoms with Crippen LogP contribution in [0, 0.1) is 5.92 Å². The summed E-state index contributed by atoms with van der Waals surface area (Å²) in [6, 6.07) is 6.21. The lowest BCUT2D eigenvalue weighted by Gasteiger charge is -2.37. The van der Waals surface area contributed by atoms with Gasteiger partial charge in [0.15, 0.2) is 0 Å². The molecule has 0 radical (unpaired) electrons. The van der Waals surface area contributed by atoms with Gasteiger partial charge in [-0.15, -0.1) is 0 Å². The highest BCUT2D eigenvalue weighted by Crippen LogP contribution is 2.49. The first-order chi connectivity index (χ1) is 22.8. The zero-order valence-corrected chi connectivity index (χ0v) is 28.0. The Balaban J connectivity index is 1.26. The molecule has 47 heavy (non-hydrogen) atoms. The molecule has 1 saturated heterocycles. The third-order valence-electron chi connectivity index (χ3n) is 9.30. The molecular weight excluding hydrogens is 639 g/mol. The number of carbonyl (C=O) groups is 1. The van der Waals surface area contributed by atoms with E-state index in [1.807, 2.05) is 24.5 Å². The number of imidazole rings is 1. The number of aromatic nitrogens is 2. The number of nitrogens with one attached hydrogen (secondary N) is 1. The number of anilines is 2. The van der Waals surface area contributed by atoms with Crippen LogP contribution in [0.4, 0.5) is 11.4 Å². The smallest absolute Gasteiger partial charge is 0.247 e. The lowest BCUT2D eigenvalue weighted by atomic mass is 9.87. The maximum absolute atomic E-state index is 12.6. The number of fused-ring (bicyclic) bond motifs is 3. The third-order valence-corrected chi connectivity index (χ3v) is 10.0. The van der Waals surface area contributed by atoms with Crippen molar-refractivity contribution in [3.05, 3.63) is 82.4 Å². The van der Waals surface area contributed by atoms with Gasteiger partial charge in [0.2, 0.25) is 5.91 Å². The topological polar surface area (TPSA) is 93.5 Å². The molecule has 12 heteroatoms. The maximum Gasteiger partial charge on any atom is 0.247 e. The Bertz CT molecular complexity index is 1810. The van der Waals surface area contributed by atoms with Crippen molar-refractivity contribution < 1.29 is 19.0 Å². The number of rotatable bonds is 9. The Morgan fingerprint density at radius 3 is 2.32 bits per heavy atom. The van der Waals surface area contributed by atoms with Gasteiger partial charge in [-0.3, -0.25) is 14.7 Å². The average Bonchev–Trinajstić information content (AvgIpc) is 3.83. The van der Waals surface area contributed by atoms with Crippen molar-refractivity contribution in [3.63, 3.8) is 0 Å². The summed E-state index contributed by atoms with van der Waals surface area (Å²) in [5.74, 6) is 1.85. The Morgan fingerprint density at radius 2 is 1.68 bits per heavy atom. The Kier molecular flexibility index (Phi) is 8.50. The minimum absolute atomic E-state index is 0.132. The maximum atomic E-state index is 12.6. The molecule has 3 aromatic rings. The minimum Gasteiger partial charge on any atom is -0.496 e. The number of hydrogen-bond donors (Lipinski definition) is 1. The molecule has 4 heterocycles. The summed E-state index contributed by atoms with van der Waals surface area (Å²) >= 11 is 13.7. The highest BCUT2D eigenvalue weighted by Gasteiger charge is 2.35. The molecule has 7 rings (SSSR count). The number of ether oxygens (including phenoxy) is 3. The molecule has 2 fully saturated rings. The van der Waals surface area contributed by atoms with E-state index in [4.69, 9.17) is 47.4 Å². The molecule has 1 amide bonds. The monoisotopic (exact) mass is 674 g/mol. The number of carbonyl (C=O) groups excluding carboxylic acids is 1. The first kappa shape index (κ1) is 31.4. The summed E-state index contributed by atoms with van der Waals surface area (Å²) in [6.45, 7) is 7.38. The van der Waals surface area contributed by atoms with Gasteiger partial charge >= 0.3 is 0 Å². The second kappa shape index (κ2) is 12.7. The van der Waals surface area contributed by atoms with E-state index in [2.05, 4.69) is 38.4 Å². The summed E-state index contributed by atoms with van der Waals surface area (Å²) in [5.41, 5.74) is 4.43. The molecule has 1 aliphatic carbocycles. The zero-order valence-electron chi connectivity index (χ0n) is 26.5. The van der Waals surface area contributed by atoms with Crippen LogP contribution in [0.1, 0.15) is 35.8 Å². The second-order valence-corrected chi connectivity index (χ2v) is 12.7. The third kappa shape index (κ3) is 5.68. The fourth-order valence-corrected chi connectivity index (χ4v) is 7.44. The Labute approximate surface area is 283 Å². The van der Waals surface area contributed by atoms with Crippen molar-refractivity contribution in [2.45, 2.75) is 24.9 Å². The van der Waals surface area contributed by atoms with Gasteiger partial charge in [0.1, 0.15) is 23.1 Å². The quantitative estimate of drug-likeness (QED) is 0.264. The number of halogens is 2. The lowest BCUT2D eigenvalue weighted by Crippen LogP contribution is -2.47. The van der Waals surface area contributed by atoms with Crippen LogP contribution in [0.5, 0.6) is 17.2 Å². The zero-order chi connectivity index (χ0) is 32.8. The van der Waals surface area contributed by atoms with Crippen molar-refractivity contribution >= 4 is 58.0 Å². The van der Waals surface area contributed by atoms with E-state index in [-0.39, 0.29) is 17.9 Å². The first-order valence-electron chi connectivity index (χ1n) is 15.6. The molecule has 0 spiro atoms. The molecule has 2 aromatic carbocycles. The number of allylic oxidation sites excluding steroid dienone is 2. The predicted octanol–water partition coefficient (Wildman–Crippen LogP) is 6.35. The van der Waals surface area contributed by atoms with Crippen molar-refractivity contribution in [1.29, 1.82) is 0 Å². The van der Waals surface area contributed by atoms with Gasteiger partial charge in [-0.1, -0.05) is 35.9 Å². The van der Waals surface area contributed by atoms with E-state index in [0.29, 0.717) is 44.4 Å². The fraction of sp³-hybridized carbons (Fsp3) is 0.343. The van der Waals surface area contributed by atoms with Crippen molar-refractivity contribution in [1.82, 2.24) is 14.5 Å². The Hall–Kier alpha value is -4.25. The number of aliphatic imine (C=N–C) groups is 1. The van der Waals surface area contributed by atoms with E-state index in [0.717, 1.165) is 54.7 Å². The molecule has 0 bridgehead atoms. The van der Waals surface area contributed by atoms with Gasteiger partial charge in [0.25, 0.3) is 0 Å². The molecule has 3 aliphatic heterocycles. The van der Waals surface area contributed by atoms with E-state index in [9.17, 15) is 4.79 Å². The molecule has 2 atom stereocenters. The molecule has 2 unspecified atom stereocenters. The van der Waals surface area contributed by atoms with Crippen LogP contribution >= 0.6 is 23.2 Å².